The largest absolute Gasteiger partial charge is 0.382 e. The third kappa shape index (κ3) is 2.61. The number of hydrogen-bond donors (Lipinski definition) is 1. The normalized spacial score (nSPS) is 10.6. The Morgan fingerprint density at radius 1 is 1.33 bits per heavy atom. The van der Waals surface area contributed by atoms with Crippen molar-refractivity contribution in [1.29, 1.82) is 0 Å². The highest BCUT2D eigenvalue weighted by Gasteiger charge is 2.16. The number of nitrogen functional groups attached to an aromatic ring is 1. The zero-order valence-corrected chi connectivity index (χ0v) is 11.6. The molecular formula is C13H18N4S. The second kappa shape index (κ2) is 5.82. The minimum absolute atomic E-state index is 0.601. The van der Waals surface area contributed by atoms with Gasteiger partial charge in [-0.15, -0.1) is 0 Å². The Bertz CT molecular complexity index is 495. The lowest BCUT2D eigenvalue weighted by atomic mass is 10.1. The molecule has 4 nitrogen and oxygen atoms in total. The maximum Gasteiger partial charge on any atom is 0.147 e. The number of anilines is 2. The highest BCUT2D eigenvalue weighted by atomic mass is 32.1. The van der Waals surface area contributed by atoms with Gasteiger partial charge >= 0.3 is 0 Å². The van der Waals surface area contributed by atoms with E-state index in [1.165, 1.54) is 24.4 Å². The summed E-state index contributed by atoms with van der Waals surface area (Å²) in [7, 11) is 2.09. The molecule has 0 aromatic carbocycles. The molecule has 5 heteroatoms. The van der Waals surface area contributed by atoms with Gasteiger partial charge in [0.15, 0.2) is 0 Å². The van der Waals surface area contributed by atoms with Crippen molar-refractivity contribution in [2.24, 2.45) is 0 Å². The molecule has 0 aliphatic heterocycles. The van der Waals surface area contributed by atoms with E-state index in [4.69, 9.17) is 5.73 Å². The van der Waals surface area contributed by atoms with Crippen LogP contribution in [0.5, 0.6) is 0 Å². The number of rotatable bonds is 5. The van der Waals surface area contributed by atoms with Gasteiger partial charge in [0.05, 0.1) is 5.56 Å². The fraction of sp³-hybridized carbons (Fsp3) is 0.385. The van der Waals surface area contributed by atoms with Crippen LogP contribution in [0.3, 0.4) is 0 Å². The first-order valence-electron chi connectivity index (χ1n) is 6.10. The highest BCUT2D eigenvalue weighted by molar-refractivity contribution is 7.11. The van der Waals surface area contributed by atoms with Crippen LogP contribution in [-0.2, 0) is 0 Å². The SMILES string of the molecule is CCCCN(C)c1snc(N)c1-c1ccncc1. The number of aromatic nitrogens is 2. The molecule has 0 aliphatic carbocycles. The predicted octanol–water partition coefficient (Wildman–Crippen LogP) is 3.02. The third-order valence-electron chi connectivity index (χ3n) is 2.86. The summed E-state index contributed by atoms with van der Waals surface area (Å²) in [6.07, 6.45) is 5.91. The Kier molecular flexibility index (Phi) is 4.15. The first-order valence-corrected chi connectivity index (χ1v) is 6.88. The van der Waals surface area contributed by atoms with Crippen LogP contribution >= 0.6 is 11.5 Å². The van der Waals surface area contributed by atoms with E-state index in [-0.39, 0.29) is 0 Å². The monoisotopic (exact) mass is 262 g/mol. The Labute approximate surface area is 112 Å². The molecule has 2 aromatic heterocycles. The summed E-state index contributed by atoms with van der Waals surface area (Å²) in [5.41, 5.74) is 8.10. The molecule has 0 atom stereocenters. The van der Waals surface area contributed by atoms with Crippen LogP contribution < -0.4 is 10.6 Å². The average Bonchev–Trinajstić information content (AvgIpc) is 2.79. The average molecular weight is 262 g/mol. The summed E-state index contributed by atoms with van der Waals surface area (Å²) in [5.74, 6) is 0.601. The van der Waals surface area contributed by atoms with Crippen molar-refractivity contribution in [3.8, 4) is 11.1 Å². The van der Waals surface area contributed by atoms with Crippen molar-refractivity contribution < 1.29 is 0 Å². The second-order valence-electron chi connectivity index (χ2n) is 4.26. The summed E-state index contributed by atoms with van der Waals surface area (Å²) < 4.78 is 4.28. The molecule has 18 heavy (non-hydrogen) atoms. The molecule has 2 N–H and O–H groups in total. The summed E-state index contributed by atoms with van der Waals surface area (Å²) in [5, 5.41) is 1.13. The second-order valence-corrected chi connectivity index (χ2v) is 5.01. The number of pyridine rings is 1. The zero-order chi connectivity index (χ0) is 13.0. The summed E-state index contributed by atoms with van der Waals surface area (Å²) in [6, 6.07) is 3.94. The van der Waals surface area contributed by atoms with Gasteiger partial charge in [-0.25, -0.2) is 0 Å². The van der Waals surface area contributed by atoms with E-state index in [1.807, 2.05) is 12.1 Å². The first-order chi connectivity index (χ1) is 8.74. The van der Waals surface area contributed by atoms with Crippen LogP contribution in [0.1, 0.15) is 19.8 Å². The quantitative estimate of drug-likeness (QED) is 0.900. The van der Waals surface area contributed by atoms with Gasteiger partial charge in [0.25, 0.3) is 0 Å². The van der Waals surface area contributed by atoms with Gasteiger partial charge in [0.2, 0.25) is 0 Å². The van der Waals surface area contributed by atoms with Crippen molar-refractivity contribution in [1.82, 2.24) is 9.36 Å². The predicted molar refractivity (Wildman–Crippen MR) is 77.9 cm³/mol. The van der Waals surface area contributed by atoms with E-state index in [2.05, 4.69) is 28.2 Å². The molecule has 96 valence electrons. The van der Waals surface area contributed by atoms with Gasteiger partial charge in [-0.2, -0.15) is 4.37 Å². The molecule has 2 rings (SSSR count). The third-order valence-corrected chi connectivity index (χ3v) is 3.84. The lowest BCUT2D eigenvalue weighted by Gasteiger charge is -2.18. The molecule has 0 amide bonds. The van der Waals surface area contributed by atoms with Gasteiger partial charge in [-0.3, -0.25) is 4.98 Å². The van der Waals surface area contributed by atoms with Crippen LogP contribution in [0.2, 0.25) is 0 Å². The smallest absolute Gasteiger partial charge is 0.147 e. The molecule has 0 spiro atoms. The van der Waals surface area contributed by atoms with Gasteiger partial charge in [-0.1, -0.05) is 13.3 Å². The summed E-state index contributed by atoms with van der Waals surface area (Å²) in [6.45, 7) is 3.22. The minimum atomic E-state index is 0.601. The summed E-state index contributed by atoms with van der Waals surface area (Å²) in [4.78, 5) is 6.27. The molecule has 0 bridgehead atoms. The Morgan fingerprint density at radius 2 is 2.06 bits per heavy atom. The molecule has 0 aliphatic rings. The molecule has 0 radical (unpaired) electrons. The van der Waals surface area contributed by atoms with E-state index in [9.17, 15) is 0 Å². The molecule has 2 heterocycles. The highest BCUT2D eigenvalue weighted by Crippen LogP contribution is 2.38. The molecule has 0 fully saturated rings. The standard InChI is InChI=1S/C13H18N4S/c1-3-4-9-17(2)13-11(12(14)16-18-13)10-5-7-15-8-6-10/h5-8H,3-4,9H2,1-2H3,(H2,14,16). The minimum Gasteiger partial charge on any atom is -0.382 e. The van der Waals surface area contributed by atoms with Crippen LogP contribution in [-0.4, -0.2) is 22.9 Å². The Hall–Kier alpha value is -1.62. The van der Waals surface area contributed by atoms with Crippen molar-refractivity contribution >= 4 is 22.4 Å². The zero-order valence-electron chi connectivity index (χ0n) is 10.8. The molecule has 0 saturated heterocycles. The molecule has 0 saturated carbocycles. The Balaban J connectivity index is 2.33. The van der Waals surface area contributed by atoms with E-state index in [0.29, 0.717) is 5.82 Å². The fourth-order valence-electron chi connectivity index (χ4n) is 1.84. The summed E-state index contributed by atoms with van der Waals surface area (Å²) >= 11 is 1.46. The van der Waals surface area contributed by atoms with E-state index >= 15 is 0 Å². The number of nitrogens with zero attached hydrogens (tertiary/aromatic N) is 3. The maximum atomic E-state index is 5.99. The van der Waals surface area contributed by atoms with Crippen molar-refractivity contribution in [2.45, 2.75) is 19.8 Å². The maximum absolute atomic E-state index is 5.99. The Morgan fingerprint density at radius 3 is 2.72 bits per heavy atom. The van der Waals surface area contributed by atoms with Gasteiger partial charge < -0.3 is 10.6 Å². The number of nitrogens with two attached hydrogens (primary N) is 1. The number of hydrogen-bond acceptors (Lipinski definition) is 5. The van der Waals surface area contributed by atoms with Gasteiger partial charge in [-0.05, 0) is 35.6 Å². The van der Waals surface area contributed by atoms with Crippen molar-refractivity contribution in [3.63, 3.8) is 0 Å². The van der Waals surface area contributed by atoms with E-state index in [1.54, 1.807) is 12.4 Å². The molecular weight excluding hydrogens is 244 g/mol. The van der Waals surface area contributed by atoms with Crippen LogP contribution in [0.4, 0.5) is 10.8 Å². The van der Waals surface area contributed by atoms with Gasteiger partial charge in [0, 0.05) is 26.0 Å². The van der Waals surface area contributed by atoms with Crippen LogP contribution in [0.15, 0.2) is 24.5 Å². The van der Waals surface area contributed by atoms with Crippen LogP contribution in [0, 0.1) is 0 Å². The van der Waals surface area contributed by atoms with E-state index in [0.717, 1.165) is 22.7 Å². The number of unbranched alkanes of at least 4 members (excludes halogenated alkanes) is 1. The topological polar surface area (TPSA) is 55.0 Å². The molecule has 0 unspecified atom stereocenters. The lowest BCUT2D eigenvalue weighted by molar-refractivity contribution is 0.771. The van der Waals surface area contributed by atoms with E-state index < -0.39 is 0 Å². The fourth-order valence-corrected chi connectivity index (χ4v) is 2.66. The first kappa shape index (κ1) is 12.8. The van der Waals surface area contributed by atoms with Crippen molar-refractivity contribution in [3.05, 3.63) is 24.5 Å². The lowest BCUT2D eigenvalue weighted by Crippen LogP contribution is -2.17. The molecule has 2 aromatic rings. The van der Waals surface area contributed by atoms with Gasteiger partial charge in [0.1, 0.15) is 10.8 Å². The van der Waals surface area contributed by atoms with Crippen LogP contribution in [0.25, 0.3) is 11.1 Å². The van der Waals surface area contributed by atoms with Crippen molar-refractivity contribution in [2.75, 3.05) is 24.2 Å².